The summed E-state index contributed by atoms with van der Waals surface area (Å²) in [5, 5.41) is 9.54. The van der Waals surface area contributed by atoms with Gasteiger partial charge in [0.15, 0.2) is 6.61 Å². The predicted octanol–water partition coefficient (Wildman–Crippen LogP) is 2.82. The zero-order chi connectivity index (χ0) is 13.9. The molecule has 0 saturated carbocycles. The van der Waals surface area contributed by atoms with Crippen molar-refractivity contribution in [3.8, 4) is 16.3 Å². The normalized spacial score (nSPS) is 10.6. The van der Waals surface area contributed by atoms with E-state index in [1.54, 1.807) is 18.5 Å². The van der Waals surface area contributed by atoms with Crippen molar-refractivity contribution in [3.05, 3.63) is 42.7 Å². The van der Waals surface area contributed by atoms with Crippen LogP contribution in [-0.2, 0) is 4.79 Å². The van der Waals surface area contributed by atoms with E-state index in [-0.39, 0.29) is 6.61 Å². The molecule has 0 unspecified atom stereocenters. The van der Waals surface area contributed by atoms with Crippen molar-refractivity contribution in [2.24, 2.45) is 0 Å². The molecule has 0 spiro atoms. The second-order valence-corrected chi connectivity index (χ2v) is 5.07. The number of carboxylic acids is 1. The van der Waals surface area contributed by atoms with Crippen LogP contribution in [0.25, 0.3) is 20.8 Å². The highest BCUT2D eigenvalue weighted by Crippen LogP contribution is 2.34. The highest BCUT2D eigenvalue weighted by atomic mass is 32.1. The Morgan fingerprint density at radius 1 is 1.25 bits per heavy atom. The van der Waals surface area contributed by atoms with Crippen LogP contribution in [0.1, 0.15) is 0 Å². The summed E-state index contributed by atoms with van der Waals surface area (Å²) < 4.78 is 6.22. The van der Waals surface area contributed by atoms with E-state index in [0.717, 1.165) is 15.3 Å². The number of aromatic nitrogens is 2. The number of benzene rings is 1. The summed E-state index contributed by atoms with van der Waals surface area (Å²) in [6.45, 7) is -0.374. The lowest BCUT2D eigenvalue weighted by molar-refractivity contribution is -0.139. The molecule has 20 heavy (non-hydrogen) atoms. The van der Waals surface area contributed by atoms with Gasteiger partial charge in [-0.2, -0.15) is 0 Å². The number of carbonyl (C=O) groups is 1. The van der Waals surface area contributed by atoms with Crippen LogP contribution in [0.2, 0.25) is 0 Å². The van der Waals surface area contributed by atoms with E-state index in [1.165, 1.54) is 11.3 Å². The molecule has 0 amide bonds. The van der Waals surface area contributed by atoms with Gasteiger partial charge in [-0.25, -0.2) is 9.78 Å². The zero-order valence-corrected chi connectivity index (χ0v) is 11.1. The lowest BCUT2D eigenvalue weighted by atomic mass is 10.3. The molecule has 1 N–H and O–H groups in total. The van der Waals surface area contributed by atoms with E-state index in [4.69, 9.17) is 9.84 Å². The van der Waals surface area contributed by atoms with Crippen molar-refractivity contribution in [3.63, 3.8) is 0 Å². The number of thiazole rings is 1. The number of carboxylic acid groups (broad SMARTS) is 1. The summed E-state index contributed by atoms with van der Waals surface area (Å²) in [7, 11) is 0. The number of fused-ring (bicyclic) bond motifs is 1. The second kappa shape index (κ2) is 5.26. The Kier molecular flexibility index (Phi) is 3.30. The Morgan fingerprint density at radius 2 is 2.05 bits per heavy atom. The van der Waals surface area contributed by atoms with Gasteiger partial charge >= 0.3 is 5.97 Å². The van der Waals surface area contributed by atoms with Crippen LogP contribution in [0.15, 0.2) is 42.7 Å². The van der Waals surface area contributed by atoms with E-state index in [0.29, 0.717) is 11.3 Å². The molecule has 0 aliphatic carbocycles. The molecule has 3 rings (SSSR count). The topological polar surface area (TPSA) is 72.3 Å². The van der Waals surface area contributed by atoms with Gasteiger partial charge in [-0.15, -0.1) is 11.3 Å². The molecule has 100 valence electrons. The fourth-order valence-electron chi connectivity index (χ4n) is 1.80. The van der Waals surface area contributed by atoms with Crippen molar-refractivity contribution in [2.75, 3.05) is 6.61 Å². The zero-order valence-electron chi connectivity index (χ0n) is 10.3. The summed E-state index contributed by atoms with van der Waals surface area (Å²) >= 11 is 1.53. The molecule has 1 aromatic carbocycles. The van der Waals surface area contributed by atoms with Gasteiger partial charge in [-0.1, -0.05) is 6.07 Å². The number of ether oxygens (including phenoxy) is 1. The maximum absolute atomic E-state index is 10.6. The molecule has 0 fully saturated rings. The van der Waals surface area contributed by atoms with Gasteiger partial charge in [-0.3, -0.25) is 4.98 Å². The van der Waals surface area contributed by atoms with Crippen molar-refractivity contribution in [1.29, 1.82) is 0 Å². The SMILES string of the molecule is O=C(O)COc1cccc2sc(-c3ccncc3)nc12. The van der Waals surface area contributed by atoms with Crippen LogP contribution in [0.4, 0.5) is 0 Å². The molecular formula is C14H10N2O3S. The number of para-hydroxylation sites is 1. The Hall–Kier alpha value is -2.47. The summed E-state index contributed by atoms with van der Waals surface area (Å²) in [4.78, 5) is 19.1. The molecule has 0 aliphatic heterocycles. The first-order valence-electron chi connectivity index (χ1n) is 5.88. The van der Waals surface area contributed by atoms with Crippen LogP contribution in [-0.4, -0.2) is 27.7 Å². The smallest absolute Gasteiger partial charge is 0.341 e. The minimum atomic E-state index is -1.01. The predicted molar refractivity (Wildman–Crippen MR) is 76.0 cm³/mol. The largest absolute Gasteiger partial charge is 0.480 e. The maximum Gasteiger partial charge on any atom is 0.341 e. The number of nitrogens with zero attached hydrogens (tertiary/aromatic N) is 2. The monoisotopic (exact) mass is 286 g/mol. The average Bonchev–Trinajstić information content (AvgIpc) is 2.90. The molecule has 2 heterocycles. The number of aliphatic carboxylic acids is 1. The number of hydrogen-bond acceptors (Lipinski definition) is 5. The van der Waals surface area contributed by atoms with Gasteiger partial charge in [0.05, 0.1) is 4.70 Å². The molecule has 6 heteroatoms. The molecule has 2 aromatic heterocycles. The number of rotatable bonds is 4. The summed E-state index contributed by atoms with van der Waals surface area (Å²) in [5.74, 6) is -0.520. The van der Waals surface area contributed by atoms with Crippen LogP contribution in [0.3, 0.4) is 0 Å². The van der Waals surface area contributed by atoms with Crippen molar-refractivity contribution in [2.45, 2.75) is 0 Å². The highest BCUT2D eigenvalue weighted by Gasteiger charge is 2.11. The fourth-order valence-corrected chi connectivity index (χ4v) is 2.79. The molecule has 0 aliphatic rings. The Balaban J connectivity index is 2.02. The van der Waals surface area contributed by atoms with E-state index in [2.05, 4.69) is 9.97 Å². The Labute approximate surface area is 118 Å². The van der Waals surface area contributed by atoms with Crippen LogP contribution >= 0.6 is 11.3 Å². The second-order valence-electron chi connectivity index (χ2n) is 4.04. The van der Waals surface area contributed by atoms with Crippen LogP contribution in [0.5, 0.6) is 5.75 Å². The molecule has 0 saturated heterocycles. The number of hydrogen-bond donors (Lipinski definition) is 1. The first kappa shape index (κ1) is 12.6. The maximum atomic E-state index is 10.6. The van der Waals surface area contributed by atoms with Crippen molar-refractivity contribution < 1.29 is 14.6 Å². The minimum Gasteiger partial charge on any atom is -0.480 e. The summed E-state index contributed by atoms with van der Waals surface area (Å²) in [6.07, 6.45) is 3.42. The van der Waals surface area contributed by atoms with E-state index in [1.807, 2.05) is 24.3 Å². The fraction of sp³-hybridized carbons (Fsp3) is 0.0714. The van der Waals surface area contributed by atoms with Gasteiger partial charge in [0.1, 0.15) is 16.3 Å². The minimum absolute atomic E-state index is 0.374. The molecule has 0 bridgehead atoms. The Bertz CT molecular complexity index is 755. The third-order valence-corrected chi connectivity index (χ3v) is 3.73. The molecular weight excluding hydrogens is 276 g/mol. The van der Waals surface area contributed by atoms with E-state index >= 15 is 0 Å². The third-order valence-electron chi connectivity index (χ3n) is 2.66. The Morgan fingerprint density at radius 3 is 2.80 bits per heavy atom. The van der Waals surface area contributed by atoms with E-state index < -0.39 is 5.97 Å². The van der Waals surface area contributed by atoms with E-state index in [9.17, 15) is 4.79 Å². The lowest BCUT2D eigenvalue weighted by Crippen LogP contribution is -2.09. The molecule has 3 aromatic rings. The number of pyridine rings is 1. The van der Waals surface area contributed by atoms with Gasteiger partial charge < -0.3 is 9.84 Å². The van der Waals surface area contributed by atoms with Crippen molar-refractivity contribution >= 4 is 27.5 Å². The standard InChI is InChI=1S/C14H10N2O3S/c17-12(18)8-19-10-2-1-3-11-13(10)16-14(20-11)9-4-6-15-7-5-9/h1-7H,8H2,(H,17,18). The first-order chi connectivity index (χ1) is 9.74. The molecule has 0 atom stereocenters. The summed E-state index contributed by atoms with van der Waals surface area (Å²) in [6, 6.07) is 9.26. The quantitative estimate of drug-likeness (QED) is 0.798. The average molecular weight is 286 g/mol. The first-order valence-corrected chi connectivity index (χ1v) is 6.70. The third kappa shape index (κ3) is 2.46. The molecule has 0 radical (unpaired) electrons. The van der Waals surface area contributed by atoms with Gasteiger partial charge in [0, 0.05) is 18.0 Å². The molecule has 5 nitrogen and oxygen atoms in total. The lowest BCUT2D eigenvalue weighted by Gasteiger charge is -2.02. The van der Waals surface area contributed by atoms with Crippen LogP contribution in [0, 0.1) is 0 Å². The summed E-state index contributed by atoms with van der Waals surface area (Å²) in [5.41, 5.74) is 1.66. The van der Waals surface area contributed by atoms with Crippen molar-refractivity contribution in [1.82, 2.24) is 9.97 Å². The van der Waals surface area contributed by atoms with Gasteiger partial charge in [0.2, 0.25) is 0 Å². The van der Waals surface area contributed by atoms with Crippen LogP contribution < -0.4 is 4.74 Å². The highest BCUT2D eigenvalue weighted by molar-refractivity contribution is 7.21. The van der Waals surface area contributed by atoms with Gasteiger partial charge in [-0.05, 0) is 24.3 Å². The van der Waals surface area contributed by atoms with Gasteiger partial charge in [0.25, 0.3) is 0 Å².